The van der Waals surface area contributed by atoms with Crippen LogP contribution in [0.1, 0.15) is 41.8 Å². The quantitative estimate of drug-likeness (QED) is 0.583. The number of hydrogen-bond donors (Lipinski definition) is 1. The van der Waals surface area contributed by atoms with Crippen LogP contribution in [0.3, 0.4) is 0 Å². The second-order valence-corrected chi connectivity index (χ2v) is 8.23. The van der Waals surface area contributed by atoms with E-state index >= 15 is 0 Å². The van der Waals surface area contributed by atoms with Crippen molar-refractivity contribution in [1.29, 1.82) is 0 Å². The maximum atomic E-state index is 5.35. The van der Waals surface area contributed by atoms with Gasteiger partial charge in [-0.15, -0.1) is 0 Å². The molecule has 151 valence electrons. The molecule has 1 aromatic heterocycles. The Hall–Kier alpha value is -3.27. The van der Waals surface area contributed by atoms with Crippen LogP contribution in [0.25, 0.3) is 11.0 Å². The van der Waals surface area contributed by atoms with Crippen LogP contribution in [0, 0.1) is 13.0 Å². The first-order valence-corrected chi connectivity index (χ1v) is 10.4. The molecule has 4 heteroatoms. The lowest BCUT2D eigenvalue weighted by Gasteiger charge is -2.29. The molecule has 1 saturated heterocycles. The number of likely N-dealkylation sites (tertiary alicyclic amines) is 1. The Morgan fingerprint density at radius 1 is 1.20 bits per heavy atom. The maximum absolute atomic E-state index is 5.35. The van der Waals surface area contributed by atoms with Crippen LogP contribution >= 0.6 is 0 Å². The van der Waals surface area contributed by atoms with Crippen LogP contribution in [0.4, 0.5) is 0 Å². The van der Waals surface area contributed by atoms with Crippen molar-refractivity contribution in [3.05, 3.63) is 95.5 Å². The fourth-order valence-corrected chi connectivity index (χ4v) is 4.38. The van der Waals surface area contributed by atoms with Crippen LogP contribution in [0.2, 0.25) is 0 Å². The van der Waals surface area contributed by atoms with E-state index in [-0.39, 0.29) is 12.0 Å². The normalized spacial score (nSPS) is 21.3. The third kappa shape index (κ3) is 3.43. The largest absolute Gasteiger partial charge is 0.497 e. The number of aromatic amines is 1. The van der Waals surface area contributed by atoms with Gasteiger partial charge in [0.25, 0.3) is 0 Å². The van der Waals surface area contributed by atoms with Gasteiger partial charge in [-0.3, -0.25) is 0 Å². The van der Waals surface area contributed by atoms with Crippen LogP contribution in [0.5, 0.6) is 5.75 Å². The first-order valence-electron chi connectivity index (χ1n) is 10.4. The molecule has 1 radical (unpaired) electrons. The van der Waals surface area contributed by atoms with Crippen molar-refractivity contribution < 1.29 is 4.74 Å². The number of H-pyrrole nitrogens is 1. The molecule has 4 nitrogen and oxygen atoms in total. The lowest BCUT2D eigenvalue weighted by Crippen LogP contribution is -2.24. The molecule has 1 aliphatic carbocycles. The number of ether oxygens (including phenoxy) is 1. The van der Waals surface area contributed by atoms with Crippen molar-refractivity contribution in [3.63, 3.8) is 0 Å². The summed E-state index contributed by atoms with van der Waals surface area (Å²) < 4.78 is 5.35. The number of rotatable bonds is 4. The van der Waals surface area contributed by atoms with Crippen molar-refractivity contribution in [2.45, 2.75) is 31.7 Å². The van der Waals surface area contributed by atoms with Gasteiger partial charge in [-0.25, -0.2) is 4.98 Å². The van der Waals surface area contributed by atoms with Crippen LogP contribution in [0.15, 0.2) is 72.5 Å². The predicted octanol–water partition coefficient (Wildman–Crippen LogP) is 5.61. The van der Waals surface area contributed by atoms with Crippen molar-refractivity contribution in [2.24, 2.45) is 0 Å². The van der Waals surface area contributed by atoms with Crippen LogP contribution in [-0.2, 0) is 0 Å². The summed E-state index contributed by atoms with van der Waals surface area (Å²) in [5.41, 5.74) is 6.90. The zero-order valence-corrected chi connectivity index (χ0v) is 17.5. The summed E-state index contributed by atoms with van der Waals surface area (Å²) in [7, 11) is 1.68. The van der Waals surface area contributed by atoms with Gasteiger partial charge in [-0.2, -0.15) is 0 Å². The number of aromatic nitrogens is 2. The van der Waals surface area contributed by atoms with Gasteiger partial charge in [0.05, 0.1) is 24.2 Å². The number of methoxy groups -OCH3 is 1. The zero-order chi connectivity index (χ0) is 20.7. The second kappa shape index (κ2) is 7.52. The minimum absolute atomic E-state index is 0.139. The Bertz CT molecular complexity index is 1150. The van der Waals surface area contributed by atoms with E-state index in [4.69, 9.17) is 9.72 Å². The molecule has 2 aromatic carbocycles. The van der Waals surface area contributed by atoms with Crippen LogP contribution < -0.4 is 4.74 Å². The van der Waals surface area contributed by atoms with Crippen molar-refractivity contribution in [3.8, 4) is 5.75 Å². The number of imidazole rings is 1. The minimum atomic E-state index is 0.139. The Morgan fingerprint density at radius 3 is 2.83 bits per heavy atom. The molecule has 1 N–H and O–H groups in total. The van der Waals surface area contributed by atoms with Gasteiger partial charge in [0.15, 0.2) is 0 Å². The summed E-state index contributed by atoms with van der Waals surface area (Å²) in [5, 5.41) is 0. The van der Waals surface area contributed by atoms with Crippen molar-refractivity contribution in [2.75, 3.05) is 13.7 Å². The molecule has 0 bridgehead atoms. The Kier molecular flexibility index (Phi) is 4.70. The third-order valence-electron chi connectivity index (χ3n) is 6.04. The molecule has 3 aromatic rings. The summed E-state index contributed by atoms with van der Waals surface area (Å²) in [6.45, 7) is 7.23. The highest BCUT2D eigenvalue weighted by molar-refractivity contribution is 5.77. The Labute approximate surface area is 177 Å². The summed E-state index contributed by atoms with van der Waals surface area (Å²) >= 11 is 0. The summed E-state index contributed by atoms with van der Waals surface area (Å²) in [4.78, 5) is 10.8. The lowest BCUT2D eigenvalue weighted by atomic mass is 9.90. The first kappa shape index (κ1) is 18.7. The average molecular weight is 397 g/mol. The van der Waals surface area contributed by atoms with Crippen LogP contribution in [-0.4, -0.2) is 28.5 Å². The first-order chi connectivity index (χ1) is 14.6. The molecular weight excluding hydrogens is 370 g/mol. The zero-order valence-electron chi connectivity index (χ0n) is 17.5. The summed E-state index contributed by atoms with van der Waals surface area (Å²) in [6, 6.07) is 14.9. The van der Waals surface area contributed by atoms with Gasteiger partial charge in [0.2, 0.25) is 0 Å². The molecule has 0 saturated carbocycles. The molecule has 30 heavy (non-hydrogen) atoms. The molecule has 2 aliphatic rings. The number of aryl methyl sites for hydroxylation is 1. The van der Waals surface area contributed by atoms with Gasteiger partial charge in [-0.05, 0) is 49.6 Å². The SMILES string of the molecule is C=C1C[C@@H](c2nc3cc(OC)ccc3[nH]2)N(C2=[C]C(c3ccc(C)cc3)CC=C2)C1. The lowest BCUT2D eigenvalue weighted by molar-refractivity contribution is 0.322. The molecule has 0 amide bonds. The number of fused-ring (bicyclic) bond motifs is 1. The number of nitrogens with one attached hydrogen (secondary N) is 1. The number of hydrogen-bond acceptors (Lipinski definition) is 3. The molecule has 1 aliphatic heterocycles. The number of allylic oxidation sites excluding steroid dienone is 3. The second-order valence-electron chi connectivity index (χ2n) is 8.23. The molecule has 2 atom stereocenters. The summed E-state index contributed by atoms with van der Waals surface area (Å²) in [6.07, 6.45) is 10.1. The van der Waals surface area contributed by atoms with Gasteiger partial charge >= 0.3 is 0 Å². The van der Waals surface area contributed by atoms with E-state index < -0.39 is 0 Å². The predicted molar refractivity (Wildman–Crippen MR) is 120 cm³/mol. The van der Waals surface area contributed by atoms with Crippen molar-refractivity contribution >= 4 is 11.0 Å². The Balaban J connectivity index is 1.47. The third-order valence-corrected chi connectivity index (χ3v) is 6.04. The standard InChI is InChI=1S/C26H26N3O/c1-17-7-9-19(10-8-17)20-5-4-6-21(14-20)29-16-18(2)13-25(29)26-27-23-12-11-22(30-3)15-24(23)28-26/h4,6-12,15,20,25H,2,5,13,16H2,1,3H3,(H,27,28)/t20?,25-/m0/s1. The monoisotopic (exact) mass is 396 g/mol. The minimum Gasteiger partial charge on any atom is -0.497 e. The summed E-state index contributed by atoms with van der Waals surface area (Å²) in [5.74, 6) is 2.07. The Morgan fingerprint density at radius 2 is 2.03 bits per heavy atom. The topological polar surface area (TPSA) is 41.1 Å². The maximum Gasteiger partial charge on any atom is 0.130 e. The molecule has 1 fully saturated rings. The van der Waals surface area contributed by atoms with Gasteiger partial charge in [0.1, 0.15) is 11.6 Å². The van der Waals surface area contributed by atoms with E-state index in [1.165, 1.54) is 16.7 Å². The highest BCUT2D eigenvalue weighted by Gasteiger charge is 2.32. The molecule has 2 heterocycles. The highest BCUT2D eigenvalue weighted by Crippen LogP contribution is 2.39. The van der Waals surface area contributed by atoms with Crippen molar-refractivity contribution in [1.82, 2.24) is 14.9 Å². The highest BCUT2D eigenvalue weighted by atomic mass is 16.5. The van der Waals surface area contributed by atoms with E-state index in [9.17, 15) is 0 Å². The van der Waals surface area contributed by atoms with E-state index in [2.05, 4.69) is 65.9 Å². The van der Waals surface area contributed by atoms with Gasteiger partial charge < -0.3 is 14.6 Å². The molecule has 1 unspecified atom stereocenters. The fraction of sp³-hybridized carbons (Fsp3) is 0.269. The molecule has 0 spiro atoms. The number of nitrogens with zero attached hydrogens (tertiary/aromatic N) is 2. The smallest absolute Gasteiger partial charge is 0.130 e. The van der Waals surface area contributed by atoms with E-state index in [1.807, 2.05) is 18.2 Å². The van der Waals surface area contributed by atoms with E-state index in [0.717, 1.165) is 47.7 Å². The fourth-order valence-electron chi connectivity index (χ4n) is 4.38. The van der Waals surface area contributed by atoms with Gasteiger partial charge in [0, 0.05) is 24.2 Å². The van der Waals surface area contributed by atoms with E-state index in [1.54, 1.807) is 7.11 Å². The van der Waals surface area contributed by atoms with Gasteiger partial charge in [-0.1, -0.05) is 48.1 Å². The number of benzene rings is 2. The molecular formula is C26H26N3O. The average Bonchev–Trinajstić information content (AvgIpc) is 3.37. The van der Waals surface area contributed by atoms with E-state index in [0.29, 0.717) is 0 Å². The molecule has 5 rings (SSSR count).